The van der Waals surface area contributed by atoms with Gasteiger partial charge in [0.05, 0.1) is 36.2 Å². The first kappa shape index (κ1) is 23.6. The summed E-state index contributed by atoms with van der Waals surface area (Å²) in [6.07, 6.45) is 2.78. The fourth-order valence-corrected chi connectivity index (χ4v) is 2.19. The predicted molar refractivity (Wildman–Crippen MR) is 92.4 cm³/mol. The molecule has 0 aliphatic heterocycles. The molecule has 0 aromatic rings. The van der Waals surface area contributed by atoms with Crippen LogP contribution in [0.4, 0.5) is 0 Å². The Bertz CT molecular complexity index is 501. The van der Waals surface area contributed by atoms with Gasteiger partial charge >= 0.3 is 23.9 Å². The van der Waals surface area contributed by atoms with Gasteiger partial charge < -0.3 is 19.7 Å². The zero-order valence-corrected chi connectivity index (χ0v) is 15.7. The third-order valence-corrected chi connectivity index (χ3v) is 3.81. The van der Waals surface area contributed by atoms with Crippen LogP contribution >= 0.6 is 0 Å². The number of esters is 2. The minimum atomic E-state index is -1.59. The number of carbonyl (C=O) groups is 4. The van der Waals surface area contributed by atoms with Crippen molar-refractivity contribution in [2.24, 2.45) is 11.8 Å². The summed E-state index contributed by atoms with van der Waals surface area (Å²) in [5, 5.41) is 18.9. The Morgan fingerprint density at radius 2 is 1.04 bits per heavy atom. The molecule has 2 atom stereocenters. The number of hydrogen-bond donors (Lipinski definition) is 2. The first-order chi connectivity index (χ1) is 12.2. The maximum atomic E-state index is 12.1. The number of hydrogen-bond acceptors (Lipinski definition) is 6. The van der Waals surface area contributed by atoms with Crippen LogP contribution in [0, 0.1) is 11.8 Å². The van der Waals surface area contributed by atoms with Gasteiger partial charge in [0.1, 0.15) is 0 Å². The zero-order valence-electron chi connectivity index (χ0n) is 15.7. The van der Waals surface area contributed by atoms with Crippen LogP contribution < -0.4 is 0 Å². The molecular weight excluding hydrogens is 344 g/mol. The summed E-state index contributed by atoms with van der Waals surface area (Å²) >= 11 is 0. The Morgan fingerprint density at radius 3 is 1.27 bits per heavy atom. The Labute approximate surface area is 153 Å². The van der Waals surface area contributed by atoms with E-state index in [4.69, 9.17) is 9.47 Å². The average Bonchev–Trinajstić information content (AvgIpc) is 2.57. The molecule has 0 aliphatic carbocycles. The van der Waals surface area contributed by atoms with Crippen LogP contribution in [0.5, 0.6) is 0 Å². The van der Waals surface area contributed by atoms with Gasteiger partial charge in [-0.15, -0.1) is 0 Å². The summed E-state index contributed by atoms with van der Waals surface area (Å²) in [5.41, 5.74) is -1.34. The van der Waals surface area contributed by atoms with Crippen molar-refractivity contribution in [3.05, 3.63) is 11.1 Å². The first-order valence-electron chi connectivity index (χ1n) is 8.72. The number of unbranched alkanes of at least 4 members (excludes halogenated alkanes) is 2. The largest absolute Gasteiger partial charge is 0.478 e. The molecule has 8 heteroatoms. The lowest BCUT2D eigenvalue weighted by Crippen LogP contribution is -2.30. The number of aliphatic carboxylic acids is 2. The standard InChI is InChI=1S/C18H28O8/c1-5-7-9-25-17(23)11(3)13(15(19)20)14(16(21)22)12(4)18(24)26-10-8-6-2/h11-12H,5-10H2,1-4H3,(H,19,20)(H,21,22)/b14-13+. The molecule has 0 rings (SSSR count). The summed E-state index contributed by atoms with van der Waals surface area (Å²) in [6.45, 7) is 6.52. The van der Waals surface area contributed by atoms with Crippen molar-refractivity contribution in [3.63, 3.8) is 0 Å². The van der Waals surface area contributed by atoms with E-state index in [1.807, 2.05) is 13.8 Å². The number of rotatable bonds is 12. The quantitative estimate of drug-likeness (QED) is 0.304. The highest BCUT2D eigenvalue weighted by atomic mass is 16.5. The topological polar surface area (TPSA) is 127 Å². The number of carboxylic acids is 2. The highest BCUT2D eigenvalue weighted by Gasteiger charge is 2.36. The van der Waals surface area contributed by atoms with Crippen LogP contribution in [-0.4, -0.2) is 47.3 Å². The van der Waals surface area contributed by atoms with Crippen molar-refractivity contribution < 1.29 is 38.9 Å². The molecule has 0 amide bonds. The molecule has 0 fully saturated rings. The lowest BCUT2D eigenvalue weighted by Gasteiger charge is -2.18. The molecule has 0 radical (unpaired) electrons. The highest BCUT2D eigenvalue weighted by molar-refractivity contribution is 6.05. The van der Waals surface area contributed by atoms with Crippen molar-refractivity contribution in [1.82, 2.24) is 0 Å². The molecule has 2 N–H and O–H groups in total. The zero-order chi connectivity index (χ0) is 20.3. The van der Waals surface area contributed by atoms with Crippen LogP contribution in [0.2, 0.25) is 0 Å². The van der Waals surface area contributed by atoms with Crippen molar-refractivity contribution >= 4 is 23.9 Å². The molecule has 0 aromatic carbocycles. The van der Waals surface area contributed by atoms with E-state index in [0.29, 0.717) is 12.8 Å². The molecule has 0 aliphatic rings. The summed E-state index contributed by atoms with van der Waals surface area (Å²) in [4.78, 5) is 47.4. The van der Waals surface area contributed by atoms with Crippen LogP contribution in [0.1, 0.15) is 53.4 Å². The Morgan fingerprint density at radius 1 is 0.731 bits per heavy atom. The Kier molecular flexibility index (Phi) is 10.9. The number of ether oxygens (including phenoxy) is 2. The normalized spacial score (nSPS) is 14.0. The third kappa shape index (κ3) is 7.25. The Hall–Kier alpha value is -2.38. The summed E-state index contributed by atoms with van der Waals surface area (Å²) in [7, 11) is 0. The monoisotopic (exact) mass is 372 g/mol. The lowest BCUT2D eigenvalue weighted by molar-refractivity contribution is -0.151. The van der Waals surface area contributed by atoms with Gasteiger partial charge in [0, 0.05) is 0 Å². The number of carbonyl (C=O) groups excluding carboxylic acids is 2. The van der Waals surface area contributed by atoms with E-state index in [1.165, 1.54) is 13.8 Å². The van der Waals surface area contributed by atoms with Crippen molar-refractivity contribution in [3.8, 4) is 0 Å². The molecule has 0 heterocycles. The SMILES string of the molecule is CCCCOC(=O)C(C)/C(C(=O)O)=C(\C(=O)O)C(C)C(=O)OCCCC. The smallest absolute Gasteiger partial charge is 0.333 e. The van der Waals surface area contributed by atoms with Crippen LogP contribution in [0.15, 0.2) is 11.1 Å². The minimum absolute atomic E-state index is 0.115. The van der Waals surface area contributed by atoms with Gasteiger partial charge in [-0.25, -0.2) is 9.59 Å². The molecule has 26 heavy (non-hydrogen) atoms. The minimum Gasteiger partial charge on any atom is -0.478 e. The maximum absolute atomic E-state index is 12.1. The molecular formula is C18H28O8. The Balaban J connectivity index is 5.65. The fourth-order valence-electron chi connectivity index (χ4n) is 2.19. The van der Waals surface area contributed by atoms with E-state index < -0.39 is 46.9 Å². The molecule has 0 saturated carbocycles. The van der Waals surface area contributed by atoms with Gasteiger partial charge in [-0.3, -0.25) is 9.59 Å². The van der Waals surface area contributed by atoms with Crippen molar-refractivity contribution in [2.45, 2.75) is 53.4 Å². The molecule has 2 unspecified atom stereocenters. The molecule has 0 aromatic heterocycles. The highest BCUT2D eigenvalue weighted by Crippen LogP contribution is 2.25. The van der Waals surface area contributed by atoms with Crippen LogP contribution in [0.3, 0.4) is 0 Å². The summed E-state index contributed by atoms with van der Waals surface area (Å²) < 4.78 is 9.96. The second-order valence-electron chi connectivity index (χ2n) is 5.92. The van der Waals surface area contributed by atoms with Gasteiger partial charge in [-0.2, -0.15) is 0 Å². The van der Waals surface area contributed by atoms with E-state index in [-0.39, 0.29) is 13.2 Å². The molecule has 0 saturated heterocycles. The summed E-state index contributed by atoms with van der Waals surface area (Å²) in [5.74, 6) is -7.53. The van der Waals surface area contributed by atoms with E-state index in [1.54, 1.807) is 0 Å². The predicted octanol–water partition coefficient (Wildman–Crippen LogP) is 2.41. The lowest BCUT2D eigenvalue weighted by atomic mass is 9.88. The second kappa shape index (κ2) is 12.1. The fraction of sp³-hybridized carbons (Fsp3) is 0.667. The van der Waals surface area contributed by atoms with E-state index in [0.717, 1.165) is 12.8 Å². The summed E-state index contributed by atoms with van der Waals surface area (Å²) in [6, 6.07) is 0. The second-order valence-corrected chi connectivity index (χ2v) is 5.92. The average molecular weight is 372 g/mol. The van der Waals surface area contributed by atoms with E-state index >= 15 is 0 Å². The van der Waals surface area contributed by atoms with Gasteiger partial charge in [-0.05, 0) is 26.7 Å². The third-order valence-electron chi connectivity index (χ3n) is 3.81. The van der Waals surface area contributed by atoms with Crippen LogP contribution in [-0.2, 0) is 28.7 Å². The van der Waals surface area contributed by atoms with Crippen LogP contribution in [0.25, 0.3) is 0 Å². The van der Waals surface area contributed by atoms with E-state index in [2.05, 4.69) is 0 Å². The van der Waals surface area contributed by atoms with E-state index in [9.17, 15) is 29.4 Å². The van der Waals surface area contributed by atoms with Gasteiger partial charge in [0.25, 0.3) is 0 Å². The van der Waals surface area contributed by atoms with Gasteiger partial charge in [-0.1, -0.05) is 26.7 Å². The number of carboxylic acid groups (broad SMARTS) is 2. The molecule has 8 nitrogen and oxygen atoms in total. The van der Waals surface area contributed by atoms with Gasteiger partial charge in [0.2, 0.25) is 0 Å². The molecule has 0 bridgehead atoms. The first-order valence-corrected chi connectivity index (χ1v) is 8.72. The van der Waals surface area contributed by atoms with Crippen molar-refractivity contribution in [2.75, 3.05) is 13.2 Å². The molecule has 0 spiro atoms. The maximum Gasteiger partial charge on any atom is 0.333 e. The van der Waals surface area contributed by atoms with Gasteiger partial charge in [0.15, 0.2) is 0 Å². The van der Waals surface area contributed by atoms with Crippen molar-refractivity contribution in [1.29, 1.82) is 0 Å². The molecule has 148 valence electrons.